The number of benzene rings is 4. The number of hydrogen-bond acceptors (Lipinski definition) is 19. The van der Waals surface area contributed by atoms with Crippen LogP contribution in [0.25, 0.3) is 10.9 Å². The van der Waals surface area contributed by atoms with E-state index in [2.05, 4.69) is 46.7 Å². The van der Waals surface area contributed by atoms with Crippen molar-refractivity contribution in [1.29, 1.82) is 0 Å². The van der Waals surface area contributed by atoms with Gasteiger partial charge in [-0.2, -0.15) is 5.10 Å². The highest BCUT2D eigenvalue weighted by Crippen LogP contribution is 2.34. The molecule has 6 heterocycles. The Kier molecular flexibility index (Phi) is 22.1. The number of carbonyl (C=O) groups excluding carboxylic acids is 6. The summed E-state index contributed by atoms with van der Waals surface area (Å²) in [5.41, 5.74) is 5.40. The Hall–Kier alpha value is -8.31. The number of aromatic amines is 1. The molecule has 468 valence electrons. The second-order valence-electron chi connectivity index (χ2n) is 21.4. The molecule has 10 rings (SSSR count). The van der Waals surface area contributed by atoms with Crippen LogP contribution in [0.4, 0.5) is 31.7 Å². The first-order chi connectivity index (χ1) is 42.9. The number of piperidine rings is 1. The number of rotatable bonds is 32. The molecule has 0 saturated carbocycles. The summed E-state index contributed by atoms with van der Waals surface area (Å²) < 4.78 is 68.8. The number of nitrogens with one attached hydrogen (secondary N) is 5. The first kappa shape index (κ1) is 62.7. The molecule has 6 amide bonds. The average Bonchev–Trinajstić information content (AvgIpc) is 1.68. The van der Waals surface area contributed by atoms with Gasteiger partial charge in [-0.25, -0.2) is 13.5 Å². The maximum Gasteiger partial charge on any atom is 0.264 e. The summed E-state index contributed by atoms with van der Waals surface area (Å²) in [4.78, 5) is 82.7. The van der Waals surface area contributed by atoms with Gasteiger partial charge < -0.3 is 58.9 Å². The van der Waals surface area contributed by atoms with Crippen molar-refractivity contribution < 1.29 is 70.7 Å². The molecule has 88 heavy (non-hydrogen) atoms. The zero-order valence-electron chi connectivity index (χ0n) is 48.7. The number of fused-ring (bicyclic) bond motifs is 2. The zero-order chi connectivity index (χ0) is 61.2. The van der Waals surface area contributed by atoms with E-state index in [9.17, 15) is 37.5 Å². The van der Waals surface area contributed by atoms with Gasteiger partial charge in [-0.1, -0.05) is 17.3 Å². The predicted molar refractivity (Wildman–Crippen MR) is 316 cm³/mol. The summed E-state index contributed by atoms with van der Waals surface area (Å²) in [6.07, 6.45) is 3.99. The summed E-state index contributed by atoms with van der Waals surface area (Å²) in [7, 11) is 0. The van der Waals surface area contributed by atoms with Crippen molar-refractivity contribution in [3.8, 4) is 0 Å². The molecule has 27 heteroatoms. The highest BCUT2D eigenvalue weighted by atomic mass is 19.1. The topological polar surface area (TPSA) is 284 Å². The summed E-state index contributed by atoms with van der Waals surface area (Å²) >= 11 is 0. The number of anilines is 4. The maximum absolute atomic E-state index is 14.0. The van der Waals surface area contributed by atoms with E-state index in [1.807, 2.05) is 35.2 Å². The molecule has 25 nitrogen and oxygen atoms in total. The zero-order valence-corrected chi connectivity index (χ0v) is 48.7. The van der Waals surface area contributed by atoms with Crippen molar-refractivity contribution in [3.05, 3.63) is 124 Å². The lowest BCUT2D eigenvalue weighted by Gasteiger charge is -2.36. The van der Waals surface area contributed by atoms with E-state index in [0.717, 1.165) is 35.1 Å². The summed E-state index contributed by atoms with van der Waals surface area (Å²) in [6, 6.07) is 18.6. The highest BCUT2D eigenvalue weighted by Gasteiger charge is 2.45. The molecule has 1 atom stereocenters. The van der Waals surface area contributed by atoms with Crippen molar-refractivity contribution in [3.63, 3.8) is 0 Å². The number of aromatic nitrogens is 5. The number of ether oxygens (including phenoxy) is 7. The molecule has 3 fully saturated rings. The highest BCUT2D eigenvalue weighted by molar-refractivity contribution is 6.25. The SMILES string of the molecule is O=C1CCC(N2C(=O)c3cccc(NCc4cn(CCOCCOCCOCCOCCOCCOCCC(=O)N5CCN(c6ccc(C(=O)Nc7n[nH]c8ccc(Cc9cc(F)cc(F)c9)cc78)c(NC7CCOCC7)c6)CC5)nn4)c3C2=O)C(=O)N1. The van der Waals surface area contributed by atoms with Crippen LogP contribution < -0.4 is 26.2 Å². The third-order valence-corrected chi connectivity index (χ3v) is 15.3. The second-order valence-corrected chi connectivity index (χ2v) is 21.4. The molecule has 4 aliphatic heterocycles. The van der Waals surface area contributed by atoms with Gasteiger partial charge in [-0.3, -0.25) is 44.1 Å². The van der Waals surface area contributed by atoms with Crippen LogP contribution in [0.5, 0.6) is 0 Å². The lowest BCUT2D eigenvalue weighted by Crippen LogP contribution is -2.54. The molecule has 1 unspecified atom stereocenters. The Balaban J connectivity index is 0.533. The molecule has 0 radical (unpaired) electrons. The lowest BCUT2D eigenvalue weighted by atomic mass is 10.0. The fourth-order valence-corrected chi connectivity index (χ4v) is 10.8. The first-order valence-corrected chi connectivity index (χ1v) is 29.6. The van der Waals surface area contributed by atoms with Crippen LogP contribution in [-0.2, 0) is 67.1 Å². The lowest BCUT2D eigenvalue weighted by molar-refractivity contribution is -0.136. The van der Waals surface area contributed by atoms with Crippen molar-refractivity contribution in [2.45, 2.75) is 63.7 Å². The molecule has 4 aliphatic rings. The largest absolute Gasteiger partial charge is 0.381 e. The number of piperazine rings is 1. The van der Waals surface area contributed by atoms with Gasteiger partial charge in [0.05, 0.1) is 127 Å². The van der Waals surface area contributed by atoms with E-state index in [1.54, 1.807) is 29.1 Å². The van der Waals surface area contributed by atoms with E-state index in [0.29, 0.717) is 170 Å². The van der Waals surface area contributed by atoms with Crippen molar-refractivity contribution in [2.75, 3.05) is 140 Å². The third kappa shape index (κ3) is 16.8. The average molecular weight is 1220 g/mol. The van der Waals surface area contributed by atoms with E-state index in [-0.39, 0.29) is 61.4 Å². The van der Waals surface area contributed by atoms with E-state index in [4.69, 9.17) is 33.2 Å². The minimum atomic E-state index is -1.05. The van der Waals surface area contributed by atoms with E-state index < -0.39 is 41.3 Å². The quantitative estimate of drug-likeness (QED) is 0.0282. The third-order valence-electron chi connectivity index (χ3n) is 15.3. The van der Waals surface area contributed by atoms with E-state index >= 15 is 0 Å². The van der Waals surface area contributed by atoms with Gasteiger partial charge in [0.1, 0.15) is 23.4 Å². The number of imide groups is 2. The molecule has 4 aromatic carbocycles. The van der Waals surface area contributed by atoms with Gasteiger partial charge in [0, 0.05) is 80.4 Å². The second kappa shape index (κ2) is 31.0. The fourth-order valence-electron chi connectivity index (χ4n) is 10.8. The fraction of sp³-hybridized carbons (Fsp3) is 0.459. The molecule has 0 aliphatic carbocycles. The Morgan fingerprint density at radius 2 is 1.39 bits per heavy atom. The Morgan fingerprint density at radius 3 is 2.08 bits per heavy atom. The minimum Gasteiger partial charge on any atom is -0.381 e. The minimum absolute atomic E-state index is 0.0207. The molecular weight excluding hydrogens is 1150 g/mol. The van der Waals surface area contributed by atoms with Crippen molar-refractivity contribution in [1.82, 2.24) is 40.3 Å². The number of H-pyrrole nitrogens is 1. The first-order valence-electron chi connectivity index (χ1n) is 29.6. The smallest absolute Gasteiger partial charge is 0.264 e. The van der Waals surface area contributed by atoms with Gasteiger partial charge in [-0.15, -0.1) is 5.10 Å². The Labute approximate surface area is 505 Å². The standard InChI is InChI=1S/C61H72F2N12O13/c62-42-33-41(34-43(63)36-42)32-40-4-7-50-49(35-40)57(70-69-50)67-58(78)47-6-5-46(37-52(47)65-44-10-18-82-19-11-44)72-13-15-73(16-14-72)55(77)12-20-83-22-24-85-26-28-87-30-31-88-29-27-86-25-23-84-21-17-74-39-45(68-71-74)38-64-51-3-1-2-48-56(51)61(81)75(60(48)80)53-8-9-54(76)66-59(53)79/h1-7,33-37,39,44,53,64-65H,8-32,38H2,(H,66,76,79)(H2,67,69,70,78). The Bertz CT molecular complexity index is 3390. The van der Waals surface area contributed by atoms with Crippen LogP contribution in [0.3, 0.4) is 0 Å². The van der Waals surface area contributed by atoms with E-state index in [1.165, 1.54) is 18.2 Å². The maximum atomic E-state index is 14.0. The molecule has 0 spiro atoms. The van der Waals surface area contributed by atoms with Crippen LogP contribution in [0.15, 0.2) is 79.0 Å². The van der Waals surface area contributed by atoms with Crippen molar-refractivity contribution >= 4 is 69.2 Å². The van der Waals surface area contributed by atoms with Crippen LogP contribution in [0.2, 0.25) is 0 Å². The van der Waals surface area contributed by atoms with Gasteiger partial charge in [-0.05, 0) is 91.4 Å². The van der Waals surface area contributed by atoms with Gasteiger partial charge >= 0.3 is 0 Å². The van der Waals surface area contributed by atoms with Gasteiger partial charge in [0.15, 0.2) is 5.82 Å². The monoisotopic (exact) mass is 1220 g/mol. The van der Waals surface area contributed by atoms with Crippen LogP contribution in [0, 0.1) is 11.6 Å². The number of halogens is 2. The number of amides is 6. The molecule has 5 N–H and O–H groups in total. The Morgan fingerprint density at radius 1 is 0.705 bits per heavy atom. The summed E-state index contributed by atoms with van der Waals surface area (Å²) in [6.45, 7) is 8.77. The summed E-state index contributed by atoms with van der Waals surface area (Å²) in [5.74, 6) is -3.56. The molecule has 2 aromatic heterocycles. The van der Waals surface area contributed by atoms with Crippen LogP contribution in [0.1, 0.15) is 80.0 Å². The molecular formula is C61H72F2N12O13. The number of carbonyl (C=O) groups is 6. The van der Waals surface area contributed by atoms with Gasteiger partial charge in [0.2, 0.25) is 17.7 Å². The molecule has 3 saturated heterocycles. The van der Waals surface area contributed by atoms with Gasteiger partial charge in [0.25, 0.3) is 17.7 Å². The number of hydrogen-bond donors (Lipinski definition) is 5. The predicted octanol–water partition coefficient (Wildman–Crippen LogP) is 4.72. The molecule has 6 aromatic rings. The normalized spacial score (nSPS) is 16.4. The number of nitrogens with zero attached hydrogens (tertiary/aromatic N) is 7. The van der Waals surface area contributed by atoms with Crippen molar-refractivity contribution in [2.24, 2.45) is 0 Å². The van der Waals surface area contributed by atoms with Crippen LogP contribution in [-0.4, -0.2) is 201 Å². The molecule has 0 bridgehead atoms. The van der Waals surface area contributed by atoms with Crippen LogP contribution >= 0.6 is 0 Å². The summed E-state index contributed by atoms with van der Waals surface area (Å²) in [5, 5.41) is 28.3.